The second kappa shape index (κ2) is 8.43. The number of imidazole rings is 1. The fourth-order valence-electron chi connectivity index (χ4n) is 2.50. The summed E-state index contributed by atoms with van der Waals surface area (Å²) in [7, 11) is 4.91. The number of nitrogens with one attached hydrogen (secondary N) is 1. The van der Waals surface area contributed by atoms with Crippen molar-refractivity contribution < 1.29 is 14.2 Å². The molecule has 6 heteroatoms. The maximum Gasteiger partial charge on any atom is 0.164 e. The zero-order valence-corrected chi connectivity index (χ0v) is 14.2. The summed E-state index contributed by atoms with van der Waals surface area (Å²) in [6.07, 6.45) is 5.62. The van der Waals surface area contributed by atoms with Crippen LogP contribution in [-0.2, 0) is 13.1 Å². The normalized spacial score (nSPS) is 12.0. The molecule has 1 aromatic carbocycles. The Labute approximate surface area is 137 Å². The van der Waals surface area contributed by atoms with Crippen LogP contribution >= 0.6 is 0 Å². The number of hydrogen-bond donors (Lipinski definition) is 1. The monoisotopic (exact) mass is 319 g/mol. The second-order valence-corrected chi connectivity index (χ2v) is 5.51. The number of rotatable bonds is 9. The maximum atomic E-state index is 5.44. The molecule has 0 spiro atoms. The van der Waals surface area contributed by atoms with Crippen LogP contribution in [0.3, 0.4) is 0 Å². The van der Waals surface area contributed by atoms with Crippen molar-refractivity contribution in [1.82, 2.24) is 14.9 Å². The fourth-order valence-corrected chi connectivity index (χ4v) is 2.50. The largest absolute Gasteiger partial charge is 0.496 e. The Balaban J connectivity index is 1.94. The van der Waals surface area contributed by atoms with Crippen molar-refractivity contribution in [3.05, 3.63) is 36.4 Å². The van der Waals surface area contributed by atoms with Gasteiger partial charge in [-0.2, -0.15) is 0 Å². The highest BCUT2D eigenvalue weighted by molar-refractivity contribution is 5.50. The van der Waals surface area contributed by atoms with Gasteiger partial charge in [-0.15, -0.1) is 0 Å². The van der Waals surface area contributed by atoms with Gasteiger partial charge in [0, 0.05) is 37.1 Å². The SMILES string of the molecule is COc1cc(OC)c(OC)cc1CNCC(C)Cn1ccnc1. The third kappa shape index (κ3) is 4.63. The van der Waals surface area contributed by atoms with Gasteiger partial charge in [-0.05, 0) is 18.5 Å². The van der Waals surface area contributed by atoms with E-state index in [0.29, 0.717) is 24.0 Å². The average Bonchev–Trinajstić information content (AvgIpc) is 3.07. The molecule has 0 bridgehead atoms. The maximum absolute atomic E-state index is 5.44. The van der Waals surface area contributed by atoms with Gasteiger partial charge in [0.05, 0.1) is 27.7 Å². The second-order valence-electron chi connectivity index (χ2n) is 5.51. The van der Waals surface area contributed by atoms with Gasteiger partial charge >= 0.3 is 0 Å². The number of ether oxygens (including phenoxy) is 3. The van der Waals surface area contributed by atoms with Crippen molar-refractivity contribution >= 4 is 0 Å². The summed E-state index contributed by atoms with van der Waals surface area (Å²) >= 11 is 0. The molecule has 0 saturated carbocycles. The molecule has 6 nitrogen and oxygen atoms in total. The lowest BCUT2D eigenvalue weighted by Crippen LogP contribution is -2.23. The van der Waals surface area contributed by atoms with Crippen molar-refractivity contribution in [1.29, 1.82) is 0 Å². The molecule has 0 aliphatic carbocycles. The summed E-state index contributed by atoms with van der Waals surface area (Å²) in [5.74, 6) is 2.66. The quantitative estimate of drug-likeness (QED) is 0.769. The summed E-state index contributed by atoms with van der Waals surface area (Å²) in [5.41, 5.74) is 1.04. The van der Waals surface area contributed by atoms with Gasteiger partial charge in [0.25, 0.3) is 0 Å². The van der Waals surface area contributed by atoms with Crippen LogP contribution in [0.15, 0.2) is 30.9 Å². The molecule has 0 aliphatic heterocycles. The van der Waals surface area contributed by atoms with Gasteiger partial charge in [0.1, 0.15) is 5.75 Å². The van der Waals surface area contributed by atoms with E-state index in [1.165, 1.54) is 0 Å². The molecule has 1 heterocycles. The number of nitrogens with zero attached hydrogens (tertiary/aromatic N) is 2. The van der Waals surface area contributed by atoms with E-state index < -0.39 is 0 Å². The molecule has 0 saturated heterocycles. The van der Waals surface area contributed by atoms with Crippen LogP contribution in [0.5, 0.6) is 17.2 Å². The molecular weight excluding hydrogens is 294 g/mol. The average molecular weight is 319 g/mol. The Morgan fingerprint density at radius 3 is 2.39 bits per heavy atom. The van der Waals surface area contributed by atoms with E-state index >= 15 is 0 Å². The predicted octanol–water partition coefficient (Wildman–Crippen LogP) is 2.33. The minimum atomic E-state index is 0.496. The molecule has 1 atom stereocenters. The number of benzene rings is 1. The summed E-state index contributed by atoms with van der Waals surface area (Å²) in [6.45, 7) is 4.75. The van der Waals surface area contributed by atoms with Crippen LogP contribution in [-0.4, -0.2) is 37.4 Å². The van der Waals surface area contributed by atoms with E-state index in [9.17, 15) is 0 Å². The van der Waals surface area contributed by atoms with Gasteiger partial charge < -0.3 is 24.1 Å². The van der Waals surface area contributed by atoms with Crippen LogP contribution in [0.4, 0.5) is 0 Å². The lowest BCUT2D eigenvalue weighted by Gasteiger charge is -2.16. The minimum absolute atomic E-state index is 0.496. The van der Waals surface area contributed by atoms with E-state index in [-0.39, 0.29) is 0 Å². The number of hydrogen-bond acceptors (Lipinski definition) is 5. The fraction of sp³-hybridized carbons (Fsp3) is 0.471. The van der Waals surface area contributed by atoms with Gasteiger partial charge in [0.15, 0.2) is 11.5 Å². The van der Waals surface area contributed by atoms with Crippen LogP contribution < -0.4 is 19.5 Å². The Bertz CT molecular complexity index is 599. The Morgan fingerprint density at radius 1 is 1.09 bits per heavy atom. The first-order chi connectivity index (χ1) is 11.2. The van der Waals surface area contributed by atoms with Crippen molar-refractivity contribution in [3.8, 4) is 17.2 Å². The third-order valence-corrected chi connectivity index (χ3v) is 3.68. The highest BCUT2D eigenvalue weighted by Gasteiger charge is 2.12. The number of aromatic nitrogens is 2. The zero-order chi connectivity index (χ0) is 16.7. The molecule has 1 N–H and O–H groups in total. The van der Waals surface area contributed by atoms with E-state index in [1.54, 1.807) is 27.5 Å². The smallest absolute Gasteiger partial charge is 0.164 e. The van der Waals surface area contributed by atoms with Crippen LogP contribution in [0.2, 0.25) is 0 Å². The van der Waals surface area contributed by atoms with Crippen molar-refractivity contribution in [2.45, 2.75) is 20.0 Å². The molecule has 1 aromatic heterocycles. The predicted molar refractivity (Wildman–Crippen MR) is 89.2 cm³/mol. The van der Waals surface area contributed by atoms with Crippen LogP contribution in [0.25, 0.3) is 0 Å². The molecule has 2 rings (SSSR count). The molecule has 0 fully saturated rings. The summed E-state index contributed by atoms with van der Waals surface area (Å²) < 4.78 is 18.2. The Hall–Kier alpha value is -2.21. The first-order valence-electron chi connectivity index (χ1n) is 7.63. The van der Waals surface area contributed by atoms with Crippen LogP contribution in [0.1, 0.15) is 12.5 Å². The van der Waals surface area contributed by atoms with E-state index in [0.717, 1.165) is 24.4 Å². The van der Waals surface area contributed by atoms with E-state index in [1.807, 2.05) is 24.7 Å². The minimum Gasteiger partial charge on any atom is -0.496 e. The number of methoxy groups -OCH3 is 3. The highest BCUT2D eigenvalue weighted by Crippen LogP contribution is 2.34. The third-order valence-electron chi connectivity index (χ3n) is 3.68. The first-order valence-corrected chi connectivity index (χ1v) is 7.63. The molecule has 0 radical (unpaired) electrons. The molecule has 23 heavy (non-hydrogen) atoms. The van der Waals surface area contributed by atoms with Crippen LogP contribution in [0, 0.1) is 5.92 Å². The summed E-state index contributed by atoms with van der Waals surface area (Å²) in [6, 6.07) is 3.80. The molecule has 2 aromatic rings. The van der Waals surface area contributed by atoms with Crippen molar-refractivity contribution in [3.63, 3.8) is 0 Å². The summed E-state index contributed by atoms with van der Waals surface area (Å²) in [4.78, 5) is 4.06. The molecule has 0 amide bonds. The van der Waals surface area contributed by atoms with E-state index in [4.69, 9.17) is 14.2 Å². The van der Waals surface area contributed by atoms with Gasteiger partial charge in [-0.25, -0.2) is 4.98 Å². The first kappa shape index (κ1) is 17.1. The topological polar surface area (TPSA) is 57.5 Å². The standard InChI is InChI=1S/C17H25N3O3/c1-13(11-20-6-5-18-12-20)9-19-10-14-7-16(22-3)17(23-4)8-15(14)21-2/h5-8,12-13,19H,9-11H2,1-4H3. The van der Waals surface area contributed by atoms with Gasteiger partial charge in [0.2, 0.25) is 0 Å². The van der Waals surface area contributed by atoms with Crippen molar-refractivity contribution in [2.24, 2.45) is 5.92 Å². The summed E-state index contributed by atoms with van der Waals surface area (Å²) in [5, 5.41) is 3.47. The van der Waals surface area contributed by atoms with Gasteiger partial charge in [-0.3, -0.25) is 0 Å². The zero-order valence-electron chi connectivity index (χ0n) is 14.2. The Kier molecular flexibility index (Phi) is 6.29. The molecule has 1 unspecified atom stereocenters. The molecule has 0 aliphatic rings. The highest BCUT2D eigenvalue weighted by atomic mass is 16.5. The lowest BCUT2D eigenvalue weighted by atomic mass is 10.1. The molecular formula is C17H25N3O3. The Morgan fingerprint density at radius 2 is 1.78 bits per heavy atom. The van der Waals surface area contributed by atoms with E-state index in [2.05, 4.69) is 21.8 Å². The van der Waals surface area contributed by atoms with Gasteiger partial charge in [-0.1, -0.05) is 6.92 Å². The van der Waals surface area contributed by atoms with Crippen molar-refractivity contribution in [2.75, 3.05) is 27.9 Å². The lowest BCUT2D eigenvalue weighted by molar-refractivity contribution is 0.346. The molecule has 126 valence electrons.